The minimum absolute atomic E-state index is 0.000258. The summed E-state index contributed by atoms with van der Waals surface area (Å²) in [6.45, 7) is 4.18. The number of ketones is 1. The highest BCUT2D eigenvalue weighted by molar-refractivity contribution is 5.99. The second kappa shape index (κ2) is 9.40. The summed E-state index contributed by atoms with van der Waals surface area (Å²) in [5.74, 6) is 2.20. The van der Waals surface area contributed by atoms with Gasteiger partial charge in [0.15, 0.2) is 23.0 Å². The van der Waals surface area contributed by atoms with E-state index >= 15 is 0 Å². The first kappa shape index (κ1) is 22.9. The lowest BCUT2D eigenvalue weighted by molar-refractivity contribution is 0.0713. The molecule has 0 N–H and O–H groups in total. The average Bonchev–Trinajstić information content (AvgIpc) is 3.42. The molecule has 1 aliphatic heterocycles. The van der Waals surface area contributed by atoms with Crippen LogP contribution in [0.1, 0.15) is 50.2 Å². The molecule has 9 heteroatoms. The van der Waals surface area contributed by atoms with Gasteiger partial charge in [0, 0.05) is 32.6 Å². The summed E-state index contributed by atoms with van der Waals surface area (Å²) in [5.41, 5.74) is 3.13. The maximum atomic E-state index is 13.1. The van der Waals surface area contributed by atoms with Crippen molar-refractivity contribution in [2.75, 3.05) is 45.3 Å². The number of methoxy groups -OCH3 is 2. The van der Waals surface area contributed by atoms with Crippen LogP contribution in [0.5, 0.6) is 11.5 Å². The highest BCUT2D eigenvalue weighted by Crippen LogP contribution is 2.37. The molecule has 35 heavy (non-hydrogen) atoms. The van der Waals surface area contributed by atoms with Crippen molar-refractivity contribution in [3.05, 3.63) is 64.9 Å². The Balaban J connectivity index is 1.35. The summed E-state index contributed by atoms with van der Waals surface area (Å²) in [6, 6.07) is 9.18. The van der Waals surface area contributed by atoms with Gasteiger partial charge in [-0.1, -0.05) is 6.07 Å². The van der Waals surface area contributed by atoms with E-state index in [1.807, 2.05) is 25.1 Å². The topological polar surface area (TPSA) is 98.0 Å². The molecule has 3 heterocycles. The molecule has 0 unspecified atom stereocenters. The van der Waals surface area contributed by atoms with E-state index in [-0.39, 0.29) is 17.6 Å². The monoisotopic (exact) mass is 476 g/mol. The predicted molar refractivity (Wildman–Crippen MR) is 129 cm³/mol. The molecule has 0 radical (unpaired) electrons. The van der Waals surface area contributed by atoms with Crippen LogP contribution in [0.3, 0.4) is 0 Å². The van der Waals surface area contributed by atoms with Crippen LogP contribution in [0.25, 0.3) is 0 Å². The second-order valence-corrected chi connectivity index (χ2v) is 8.83. The normalized spacial score (nSPS) is 17.8. The number of nitrogens with zero attached hydrogens (tertiary/aromatic N) is 4. The van der Waals surface area contributed by atoms with Gasteiger partial charge in [-0.25, -0.2) is 9.97 Å². The Kier molecular flexibility index (Phi) is 6.15. The smallest absolute Gasteiger partial charge is 0.289 e. The summed E-state index contributed by atoms with van der Waals surface area (Å²) in [5, 5.41) is 0. The molecule has 182 valence electrons. The lowest BCUT2D eigenvalue weighted by Crippen LogP contribution is -2.49. The van der Waals surface area contributed by atoms with Crippen molar-refractivity contribution in [1.82, 2.24) is 14.9 Å². The highest BCUT2D eigenvalue weighted by Gasteiger charge is 2.32. The van der Waals surface area contributed by atoms with Gasteiger partial charge >= 0.3 is 0 Å². The maximum absolute atomic E-state index is 13.1. The molecule has 1 atom stereocenters. The van der Waals surface area contributed by atoms with E-state index in [1.165, 1.54) is 6.26 Å². The maximum Gasteiger partial charge on any atom is 0.289 e. The van der Waals surface area contributed by atoms with E-state index in [0.29, 0.717) is 73.5 Å². The molecule has 9 nitrogen and oxygen atoms in total. The van der Waals surface area contributed by atoms with Crippen LogP contribution in [0, 0.1) is 6.92 Å². The number of anilines is 1. The van der Waals surface area contributed by atoms with Gasteiger partial charge in [0.2, 0.25) is 5.95 Å². The number of aryl methyl sites for hydroxylation is 1. The van der Waals surface area contributed by atoms with Crippen LogP contribution < -0.4 is 14.4 Å². The zero-order valence-electron chi connectivity index (χ0n) is 20.1. The molecule has 2 aliphatic rings. The Morgan fingerprint density at radius 3 is 2.49 bits per heavy atom. The molecular formula is C26H28N4O5. The van der Waals surface area contributed by atoms with E-state index in [0.717, 1.165) is 11.3 Å². The van der Waals surface area contributed by atoms with Gasteiger partial charge in [-0.05, 0) is 49.1 Å². The Hall–Kier alpha value is -3.88. The Morgan fingerprint density at radius 2 is 1.80 bits per heavy atom. The van der Waals surface area contributed by atoms with Gasteiger partial charge < -0.3 is 23.7 Å². The molecule has 3 aromatic rings. The number of amides is 1. The number of hydrogen-bond donors (Lipinski definition) is 0. The van der Waals surface area contributed by atoms with E-state index in [2.05, 4.69) is 9.88 Å². The van der Waals surface area contributed by atoms with Gasteiger partial charge in [0.25, 0.3) is 5.91 Å². The first-order valence-corrected chi connectivity index (χ1v) is 11.7. The number of ether oxygens (including phenoxy) is 2. The van der Waals surface area contributed by atoms with Crippen molar-refractivity contribution in [2.45, 2.75) is 25.7 Å². The molecule has 0 spiro atoms. The molecule has 1 saturated heterocycles. The van der Waals surface area contributed by atoms with Crippen molar-refractivity contribution >= 4 is 17.6 Å². The third-order valence-corrected chi connectivity index (χ3v) is 6.76. The Morgan fingerprint density at radius 1 is 1.03 bits per heavy atom. The van der Waals surface area contributed by atoms with Crippen molar-refractivity contribution < 1.29 is 23.5 Å². The fraction of sp³-hybridized carbons (Fsp3) is 0.385. The molecule has 1 amide bonds. The van der Waals surface area contributed by atoms with Gasteiger partial charge in [0.1, 0.15) is 0 Å². The summed E-state index contributed by atoms with van der Waals surface area (Å²) < 4.78 is 16.1. The molecule has 1 fully saturated rings. The number of hydrogen-bond acceptors (Lipinski definition) is 8. The number of rotatable bonds is 5. The zero-order chi connectivity index (χ0) is 24.5. The largest absolute Gasteiger partial charge is 0.493 e. The number of fused-ring (bicyclic) bond motifs is 1. The van der Waals surface area contributed by atoms with Crippen LogP contribution in [0.2, 0.25) is 0 Å². The van der Waals surface area contributed by atoms with E-state index in [1.54, 1.807) is 31.3 Å². The van der Waals surface area contributed by atoms with Gasteiger partial charge in [-0.2, -0.15) is 0 Å². The third kappa shape index (κ3) is 4.34. The Bertz CT molecular complexity index is 1250. The summed E-state index contributed by atoms with van der Waals surface area (Å²) in [4.78, 5) is 39.0. The molecule has 2 aromatic heterocycles. The summed E-state index contributed by atoms with van der Waals surface area (Å²) in [7, 11) is 3.21. The first-order valence-electron chi connectivity index (χ1n) is 11.7. The molecule has 0 saturated carbocycles. The first-order chi connectivity index (χ1) is 17.0. The number of benzene rings is 1. The molecule has 1 aliphatic carbocycles. The number of piperazine rings is 1. The minimum atomic E-state index is -0.111. The highest BCUT2D eigenvalue weighted by atomic mass is 16.5. The molecule has 1 aromatic carbocycles. The van der Waals surface area contributed by atoms with Crippen molar-refractivity contribution in [3.8, 4) is 11.5 Å². The van der Waals surface area contributed by atoms with E-state index < -0.39 is 0 Å². The second-order valence-electron chi connectivity index (χ2n) is 8.83. The van der Waals surface area contributed by atoms with Crippen LogP contribution in [0.15, 0.2) is 41.0 Å². The van der Waals surface area contributed by atoms with Gasteiger partial charge in [0.05, 0.1) is 37.4 Å². The Labute approximate surface area is 203 Å². The van der Waals surface area contributed by atoms with E-state index in [4.69, 9.17) is 18.9 Å². The lowest BCUT2D eigenvalue weighted by atomic mass is 9.81. The molecule has 5 rings (SSSR count). The number of carbonyl (C=O) groups excluding carboxylic acids is 2. The summed E-state index contributed by atoms with van der Waals surface area (Å²) in [6.07, 6.45) is 2.55. The van der Waals surface area contributed by atoms with Gasteiger partial charge in [-0.15, -0.1) is 0 Å². The van der Waals surface area contributed by atoms with Crippen LogP contribution in [0.4, 0.5) is 5.95 Å². The zero-order valence-corrected chi connectivity index (χ0v) is 20.1. The van der Waals surface area contributed by atoms with Crippen LogP contribution >= 0.6 is 0 Å². The number of Topliss-reactive ketones (excluding diaryl/α,β-unsaturated/α-hetero) is 1. The van der Waals surface area contributed by atoms with Crippen LogP contribution in [-0.4, -0.2) is 67.0 Å². The molecule has 0 bridgehead atoms. The predicted octanol–water partition coefficient (Wildman–Crippen LogP) is 3.27. The SMILES string of the molecule is COc1ccc([C@H]2CC(=O)c3c(C)nc(N4CCN(C(=O)c5ccco5)CC4)nc3C2)cc1OC. The number of aromatic nitrogens is 2. The third-order valence-electron chi connectivity index (χ3n) is 6.76. The van der Waals surface area contributed by atoms with Gasteiger partial charge in [-0.3, -0.25) is 9.59 Å². The quantitative estimate of drug-likeness (QED) is 0.554. The lowest BCUT2D eigenvalue weighted by Gasteiger charge is -2.35. The summed E-state index contributed by atoms with van der Waals surface area (Å²) >= 11 is 0. The fourth-order valence-electron chi connectivity index (χ4n) is 4.91. The van der Waals surface area contributed by atoms with Crippen molar-refractivity contribution in [2.24, 2.45) is 0 Å². The molecular weight excluding hydrogens is 448 g/mol. The standard InChI is InChI=1S/C26H28N4O5/c1-16-24-19(13-18(14-20(24)31)17-6-7-21(33-2)23(15-17)34-3)28-26(27-16)30-10-8-29(9-11-30)25(32)22-5-4-12-35-22/h4-7,12,15,18H,8-11,13-14H2,1-3H3/t18-/m1/s1. The van der Waals surface area contributed by atoms with Crippen molar-refractivity contribution in [1.29, 1.82) is 0 Å². The average molecular weight is 477 g/mol. The minimum Gasteiger partial charge on any atom is -0.493 e. The number of carbonyl (C=O) groups is 2. The van der Waals surface area contributed by atoms with Crippen molar-refractivity contribution in [3.63, 3.8) is 0 Å². The fourth-order valence-corrected chi connectivity index (χ4v) is 4.91. The van der Waals surface area contributed by atoms with Crippen LogP contribution in [-0.2, 0) is 6.42 Å². The number of furan rings is 1. The van der Waals surface area contributed by atoms with E-state index in [9.17, 15) is 9.59 Å².